The molecule has 11 rings (SSSR count). The van der Waals surface area contributed by atoms with Gasteiger partial charge in [-0.2, -0.15) is 0 Å². The quantitative estimate of drug-likeness (QED) is 0.160. The summed E-state index contributed by atoms with van der Waals surface area (Å²) in [6.07, 6.45) is 0. The second kappa shape index (κ2) is 13.5. The number of benzene rings is 9. The molecule has 0 aliphatic heterocycles. The second-order valence-corrected chi connectivity index (χ2v) is 16.3. The SMILES string of the molecule is c1ccc(N(c2ccccc2)c2cccc3sc4cc(N(c5ccc(-c6ccc7ccccc7c6)cc5)c5ccc6c(c5)sc5ccccc56)ccc4c23)cc1. The summed E-state index contributed by atoms with van der Waals surface area (Å²) in [4.78, 5) is 4.80. The van der Waals surface area contributed by atoms with Gasteiger partial charge in [0.15, 0.2) is 0 Å². The molecule has 4 heteroatoms. The van der Waals surface area contributed by atoms with Gasteiger partial charge in [-0.05, 0) is 107 Å². The van der Waals surface area contributed by atoms with Gasteiger partial charge in [-0.15, -0.1) is 22.7 Å². The lowest BCUT2D eigenvalue weighted by Gasteiger charge is -2.27. The minimum absolute atomic E-state index is 1.12. The zero-order chi connectivity index (χ0) is 37.0. The average molecular weight is 751 g/mol. The third-order valence-electron chi connectivity index (χ3n) is 10.8. The van der Waals surface area contributed by atoms with Crippen molar-refractivity contribution in [2.45, 2.75) is 0 Å². The lowest BCUT2D eigenvalue weighted by molar-refractivity contribution is 1.30. The van der Waals surface area contributed by atoms with Crippen LogP contribution in [0, 0.1) is 0 Å². The van der Waals surface area contributed by atoms with Gasteiger partial charge in [0.05, 0.1) is 5.69 Å². The van der Waals surface area contributed by atoms with Crippen LogP contribution in [-0.2, 0) is 0 Å². The smallest absolute Gasteiger partial charge is 0.0554 e. The molecular weight excluding hydrogens is 717 g/mol. The first-order valence-electron chi connectivity index (χ1n) is 18.9. The number of nitrogens with zero attached hydrogens (tertiary/aromatic N) is 2. The van der Waals surface area contributed by atoms with Crippen LogP contribution in [0.3, 0.4) is 0 Å². The summed E-state index contributed by atoms with van der Waals surface area (Å²) in [5.41, 5.74) is 9.26. The normalized spacial score (nSPS) is 11.6. The standard InChI is InChI=1S/C52H34N2S2/c1-3-14-39(15-4-1)54(40-16-5-2-6-17-40)47-19-11-21-49-52(47)46-31-29-43(34-51(46)56-49)53(42-28-30-45-44-18-9-10-20-48(44)55-50(45)33-42)41-26-24-36(25-27-41)38-23-22-35-12-7-8-13-37(35)32-38/h1-34H. The van der Waals surface area contributed by atoms with Gasteiger partial charge in [-0.25, -0.2) is 0 Å². The van der Waals surface area contributed by atoms with Crippen molar-refractivity contribution >= 4 is 108 Å². The van der Waals surface area contributed by atoms with Crippen LogP contribution in [0.5, 0.6) is 0 Å². The first kappa shape index (κ1) is 32.7. The molecule has 264 valence electrons. The summed E-state index contributed by atoms with van der Waals surface area (Å²) in [6, 6.07) is 75.1. The van der Waals surface area contributed by atoms with E-state index >= 15 is 0 Å². The molecule has 56 heavy (non-hydrogen) atoms. The molecule has 0 aliphatic carbocycles. The second-order valence-electron chi connectivity index (χ2n) is 14.2. The summed E-state index contributed by atoms with van der Waals surface area (Å²) in [5.74, 6) is 0. The highest BCUT2D eigenvalue weighted by Crippen LogP contribution is 2.47. The summed E-state index contributed by atoms with van der Waals surface area (Å²) in [6.45, 7) is 0. The van der Waals surface area contributed by atoms with Crippen molar-refractivity contribution in [2.75, 3.05) is 9.80 Å². The van der Waals surface area contributed by atoms with E-state index in [-0.39, 0.29) is 0 Å². The van der Waals surface area contributed by atoms with Crippen molar-refractivity contribution in [3.8, 4) is 11.1 Å². The third-order valence-corrected chi connectivity index (χ3v) is 13.1. The van der Waals surface area contributed by atoms with Crippen molar-refractivity contribution in [3.63, 3.8) is 0 Å². The molecular formula is C52H34N2S2. The summed E-state index contributed by atoms with van der Waals surface area (Å²) in [7, 11) is 0. The first-order chi connectivity index (χ1) is 27.7. The monoisotopic (exact) mass is 750 g/mol. The first-order valence-corrected chi connectivity index (χ1v) is 20.5. The highest BCUT2D eigenvalue weighted by molar-refractivity contribution is 7.26. The van der Waals surface area contributed by atoms with E-state index < -0.39 is 0 Å². The van der Waals surface area contributed by atoms with Crippen molar-refractivity contribution in [1.29, 1.82) is 0 Å². The minimum Gasteiger partial charge on any atom is -0.310 e. The van der Waals surface area contributed by atoms with E-state index in [2.05, 4.69) is 216 Å². The van der Waals surface area contributed by atoms with Crippen molar-refractivity contribution in [2.24, 2.45) is 0 Å². The van der Waals surface area contributed by atoms with E-state index in [0.717, 1.165) is 28.4 Å². The van der Waals surface area contributed by atoms with E-state index in [1.54, 1.807) is 0 Å². The molecule has 0 bridgehead atoms. The van der Waals surface area contributed by atoms with Crippen LogP contribution >= 0.6 is 22.7 Å². The fourth-order valence-electron chi connectivity index (χ4n) is 8.18. The van der Waals surface area contributed by atoms with Gasteiger partial charge in [-0.1, -0.05) is 121 Å². The number of anilines is 6. The number of hydrogen-bond acceptors (Lipinski definition) is 4. The maximum atomic E-state index is 2.42. The molecule has 0 saturated carbocycles. The Balaban J connectivity index is 1.06. The Kier molecular flexibility index (Phi) is 7.90. The highest BCUT2D eigenvalue weighted by atomic mass is 32.1. The lowest BCUT2D eigenvalue weighted by atomic mass is 10.0. The Morgan fingerprint density at radius 3 is 1.57 bits per heavy atom. The Morgan fingerprint density at radius 1 is 0.286 bits per heavy atom. The number of fused-ring (bicyclic) bond motifs is 7. The predicted molar refractivity (Wildman–Crippen MR) is 245 cm³/mol. The topological polar surface area (TPSA) is 6.48 Å². The van der Waals surface area contributed by atoms with Crippen molar-refractivity contribution < 1.29 is 0 Å². The van der Waals surface area contributed by atoms with Gasteiger partial charge >= 0.3 is 0 Å². The Hall–Kier alpha value is -6.72. The minimum atomic E-state index is 1.12. The van der Waals surface area contributed by atoms with Crippen LogP contribution in [0.4, 0.5) is 34.1 Å². The van der Waals surface area contributed by atoms with Gasteiger partial charge in [-0.3, -0.25) is 0 Å². The van der Waals surface area contributed by atoms with Crippen LogP contribution in [0.15, 0.2) is 206 Å². The van der Waals surface area contributed by atoms with E-state index in [1.165, 1.54) is 67.9 Å². The Bertz CT molecular complexity index is 3160. The van der Waals surface area contributed by atoms with Gasteiger partial charge in [0.25, 0.3) is 0 Å². The average Bonchev–Trinajstić information content (AvgIpc) is 3.83. The molecule has 0 fully saturated rings. The van der Waals surface area contributed by atoms with Crippen molar-refractivity contribution in [3.05, 3.63) is 206 Å². The van der Waals surface area contributed by atoms with Crippen LogP contribution in [-0.4, -0.2) is 0 Å². The largest absolute Gasteiger partial charge is 0.310 e. The number of rotatable bonds is 7. The van der Waals surface area contributed by atoms with Gasteiger partial charge in [0.1, 0.15) is 0 Å². The van der Waals surface area contributed by atoms with Gasteiger partial charge < -0.3 is 9.80 Å². The van der Waals surface area contributed by atoms with E-state index in [9.17, 15) is 0 Å². The molecule has 0 unspecified atom stereocenters. The molecule has 2 nitrogen and oxygen atoms in total. The van der Waals surface area contributed by atoms with Crippen LogP contribution in [0.1, 0.15) is 0 Å². The van der Waals surface area contributed by atoms with Crippen LogP contribution < -0.4 is 9.80 Å². The van der Waals surface area contributed by atoms with Gasteiger partial charge in [0, 0.05) is 68.8 Å². The molecule has 11 aromatic rings. The zero-order valence-electron chi connectivity index (χ0n) is 30.3. The predicted octanol–water partition coefficient (Wildman–Crippen LogP) is 16.2. The van der Waals surface area contributed by atoms with Crippen molar-refractivity contribution in [1.82, 2.24) is 0 Å². The number of thiophene rings is 2. The molecule has 0 radical (unpaired) electrons. The van der Waals surface area contributed by atoms with Crippen LogP contribution in [0.2, 0.25) is 0 Å². The third kappa shape index (κ3) is 5.62. The molecule has 0 atom stereocenters. The van der Waals surface area contributed by atoms with E-state index in [1.807, 2.05) is 22.7 Å². The van der Waals surface area contributed by atoms with Crippen LogP contribution in [0.25, 0.3) is 62.2 Å². The molecule has 0 amide bonds. The Labute approximate surface area is 333 Å². The molecule has 9 aromatic carbocycles. The molecule has 2 aromatic heterocycles. The zero-order valence-corrected chi connectivity index (χ0v) is 32.0. The fourth-order valence-corrected chi connectivity index (χ4v) is 10.5. The molecule has 0 aliphatic rings. The molecule has 0 spiro atoms. The van der Waals surface area contributed by atoms with Gasteiger partial charge in [0.2, 0.25) is 0 Å². The number of para-hydroxylation sites is 2. The lowest BCUT2D eigenvalue weighted by Crippen LogP contribution is -2.10. The summed E-state index contributed by atoms with van der Waals surface area (Å²) >= 11 is 3.72. The van der Waals surface area contributed by atoms with E-state index in [4.69, 9.17) is 0 Å². The molecule has 2 heterocycles. The Morgan fingerprint density at radius 2 is 0.821 bits per heavy atom. The maximum absolute atomic E-state index is 2.42. The molecule has 0 N–H and O–H groups in total. The maximum Gasteiger partial charge on any atom is 0.0554 e. The highest BCUT2D eigenvalue weighted by Gasteiger charge is 2.20. The summed E-state index contributed by atoms with van der Waals surface area (Å²) < 4.78 is 5.13. The summed E-state index contributed by atoms with van der Waals surface area (Å²) in [5, 5.41) is 7.65. The molecule has 0 saturated heterocycles. The van der Waals surface area contributed by atoms with E-state index in [0.29, 0.717) is 0 Å². The number of hydrogen-bond donors (Lipinski definition) is 0. The fraction of sp³-hybridized carbons (Fsp3) is 0.